The van der Waals surface area contributed by atoms with Crippen LogP contribution in [-0.4, -0.2) is 42.6 Å². The monoisotopic (exact) mass is 290 g/mol. The van der Waals surface area contributed by atoms with Crippen LogP contribution in [0.25, 0.3) is 0 Å². The SMILES string of the molecule is CNC(Cc1cnccc1N)C1(N(C)C)CCCC(C)C1. The van der Waals surface area contributed by atoms with E-state index in [0.717, 1.165) is 23.6 Å². The van der Waals surface area contributed by atoms with Crippen LogP contribution in [0.1, 0.15) is 38.2 Å². The van der Waals surface area contributed by atoms with E-state index < -0.39 is 0 Å². The van der Waals surface area contributed by atoms with Crippen LogP contribution < -0.4 is 11.1 Å². The number of nitrogens with two attached hydrogens (primary N) is 1. The molecule has 1 aliphatic carbocycles. The highest BCUT2D eigenvalue weighted by Gasteiger charge is 2.43. The van der Waals surface area contributed by atoms with Gasteiger partial charge >= 0.3 is 0 Å². The van der Waals surface area contributed by atoms with Crippen LogP contribution >= 0.6 is 0 Å². The lowest BCUT2D eigenvalue weighted by molar-refractivity contribution is 0.0399. The quantitative estimate of drug-likeness (QED) is 0.874. The summed E-state index contributed by atoms with van der Waals surface area (Å²) in [5, 5.41) is 3.57. The third-order valence-corrected chi connectivity index (χ3v) is 5.26. The second kappa shape index (κ2) is 6.75. The molecule has 2 rings (SSSR count). The first-order valence-corrected chi connectivity index (χ1v) is 8.02. The van der Waals surface area contributed by atoms with E-state index in [1.54, 1.807) is 6.20 Å². The number of likely N-dealkylation sites (N-methyl/N-ethyl adjacent to an activating group) is 2. The van der Waals surface area contributed by atoms with Gasteiger partial charge in [-0.2, -0.15) is 0 Å². The van der Waals surface area contributed by atoms with Crippen LogP contribution in [0.4, 0.5) is 5.69 Å². The maximum atomic E-state index is 6.12. The molecule has 1 heterocycles. The lowest BCUT2D eigenvalue weighted by Gasteiger charge is -2.50. The molecule has 1 fully saturated rings. The van der Waals surface area contributed by atoms with Gasteiger partial charge in [0.2, 0.25) is 0 Å². The zero-order chi connectivity index (χ0) is 15.5. The molecule has 4 nitrogen and oxygen atoms in total. The highest BCUT2D eigenvalue weighted by Crippen LogP contribution is 2.39. The Balaban J connectivity index is 2.26. The van der Waals surface area contributed by atoms with Gasteiger partial charge in [-0.15, -0.1) is 0 Å². The Morgan fingerprint density at radius 3 is 2.86 bits per heavy atom. The average Bonchev–Trinajstić information content (AvgIpc) is 2.46. The maximum absolute atomic E-state index is 6.12. The molecule has 3 unspecified atom stereocenters. The normalized spacial score (nSPS) is 27.8. The minimum atomic E-state index is 0.203. The second-order valence-electron chi connectivity index (χ2n) is 6.82. The number of rotatable bonds is 5. The number of nitrogens with one attached hydrogen (secondary N) is 1. The number of nitrogens with zero attached hydrogens (tertiary/aromatic N) is 2. The minimum Gasteiger partial charge on any atom is -0.398 e. The summed E-state index contributed by atoms with van der Waals surface area (Å²) >= 11 is 0. The van der Waals surface area contributed by atoms with Crippen molar-refractivity contribution in [3.8, 4) is 0 Å². The Labute approximate surface area is 129 Å². The van der Waals surface area contributed by atoms with Gasteiger partial charge in [-0.3, -0.25) is 4.98 Å². The van der Waals surface area contributed by atoms with E-state index in [-0.39, 0.29) is 5.54 Å². The molecule has 3 N–H and O–H groups in total. The number of nitrogen functional groups attached to an aromatic ring is 1. The van der Waals surface area contributed by atoms with Gasteiger partial charge in [-0.05, 0) is 58.0 Å². The molecule has 0 aliphatic heterocycles. The van der Waals surface area contributed by atoms with Gasteiger partial charge in [-0.1, -0.05) is 19.8 Å². The summed E-state index contributed by atoms with van der Waals surface area (Å²) in [6.45, 7) is 2.38. The Bertz CT molecular complexity index is 460. The molecule has 0 aromatic carbocycles. The zero-order valence-corrected chi connectivity index (χ0v) is 13.9. The fraction of sp³-hybridized carbons (Fsp3) is 0.706. The summed E-state index contributed by atoms with van der Waals surface area (Å²) in [6.07, 6.45) is 9.75. The van der Waals surface area contributed by atoms with Gasteiger partial charge in [0.25, 0.3) is 0 Å². The fourth-order valence-corrected chi connectivity index (χ4v) is 3.99. The summed E-state index contributed by atoms with van der Waals surface area (Å²) in [4.78, 5) is 6.67. The predicted octanol–water partition coefficient (Wildman–Crippen LogP) is 2.30. The van der Waals surface area contributed by atoms with Gasteiger partial charge in [0.15, 0.2) is 0 Å². The Kier molecular flexibility index (Phi) is 5.22. The van der Waals surface area contributed by atoms with Crippen molar-refractivity contribution in [1.82, 2.24) is 15.2 Å². The number of hydrogen-bond acceptors (Lipinski definition) is 4. The summed E-state index contributed by atoms with van der Waals surface area (Å²) in [6, 6.07) is 2.29. The van der Waals surface area contributed by atoms with Gasteiger partial charge in [-0.25, -0.2) is 0 Å². The van der Waals surface area contributed by atoms with Crippen molar-refractivity contribution in [2.75, 3.05) is 26.9 Å². The highest BCUT2D eigenvalue weighted by atomic mass is 15.2. The predicted molar refractivity (Wildman–Crippen MR) is 89.3 cm³/mol. The van der Waals surface area contributed by atoms with E-state index in [4.69, 9.17) is 5.73 Å². The van der Waals surface area contributed by atoms with Crippen molar-refractivity contribution in [2.24, 2.45) is 5.92 Å². The molecular formula is C17H30N4. The van der Waals surface area contributed by atoms with Gasteiger partial charge < -0.3 is 16.0 Å². The third kappa shape index (κ3) is 3.38. The number of pyridine rings is 1. The van der Waals surface area contributed by atoms with Crippen molar-refractivity contribution in [3.63, 3.8) is 0 Å². The van der Waals surface area contributed by atoms with Crippen molar-refractivity contribution in [1.29, 1.82) is 0 Å². The fourth-order valence-electron chi connectivity index (χ4n) is 3.99. The van der Waals surface area contributed by atoms with Crippen LogP contribution in [0.2, 0.25) is 0 Å². The largest absolute Gasteiger partial charge is 0.398 e. The van der Waals surface area contributed by atoms with E-state index in [1.165, 1.54) is 25.7 Å². The van der Waals surface area contributed by atoms with Crippen molar-refractivity contribution in [2.45, 2.75) is 50.6 Å². The molecule has 1 aromatic rings. The summed E-state index contributed by atoms with van der Waals surface area (Å²) in [7, 11) is 6.51. The van der Waals surface area contributed by atoms with E-state index in [0.29, 0.717) is 6.04 Å². The average molecular weight is 290 g/mol. The van der Waals surface area contributed by atoms with Crippen LogP contribution in [0, 0.1) is 5.92 Å². The molecule has 0 radical (unpaired) electrons. The molecule has 0 bridgehead atoms. The number of hydrogen-bond donors (Lipinski definition) is 2. The first kappa shape index (κ1) is 16.2. The number of anilines is 1. The molecule has 118 valence electrons. The van der Waals surface area contributed by atoms with E-state index in [9.17, 15) is 0 Å². The Hall–Kier alpha value is -1.13. The first-order valence-electron chi connectivity index (χ1n) is 8.02. The molecule has 1 aliphatic rings. The highest BCUT2D eigenvalue weighted by molar-refractivity contribution is 5.45. The zero-order valence-electron chi connectivity index (χ0n) is 13.9. The Morgan fingerprint density at radius 2 is 2.29 bits per heavy atom. The molecule has 3 atom stereocenters. The van der Waals surface area contributed by atoms with Crippen molar-refractivity contribution < 1.29 is 0 Å². The summed E-state index contributed by atoms with van der Waals surface area (Å²) in [5.41, 5.74) is 8.32. The van der Waals surface area contributed by atoms with Crippen LogP contribution in [0.3, 0.4) is 0 Å². The topological polar surface area (TPSA) is 54.2 Å². The first-order chi connectivity index (χ1) is 9.99. The lowest BCUT2D eigenvalue weighted by atomic mass is 9.70. The molecule has 1 saturated carbocycles. The van der Waals surface area contributed by atoms with Crippen LogP contribution in [0.5, 0.6) is 0 Å². The Morgan fingerprint density at radius 1 is 1.52 bits per heavy atom. The van der Waals surface area contributed by atoms with Gasteiger partial charge in [0, 0.05) is 29.7 Å². The second-order valence-corrected chi connectivity index (χ2v) is 6.82. The molecule has 0 saturated heterocycles. The van der Waals surface area contributed by atoms with Gasteiger partial charge in [0.05, 0.1) is 0 Å². The molecule has 4 heteroatoms. The standard InChI is InChI=1S/C17H30N4/c1-13-6-5-8-17(11-13,21(3)4)16(19-2)10-14-12-20-9-7-15(14)18/h7,9,12-13,16,19H,5-6,8,10-11H2,1-4H3,(H2,18,20). The van der Waals surface area contributed by atoms with Gasteiger partial charge in [0.1, 0.15) is 0 Å². The lowest BCUT2D eigenvalue weighted by Crippen LogP contribution is -2.61. The van der Waals surface area contributed by atoms with E-state index >= 15 is 0 Å². The van der Waals surface area contributed by atoms with E-state index in [1.807, 2.05) is 12.3 Å². The third-order valence-electron chi connectivity index (χ3n) is 5.26. The van der Waals surface area contributed by atoms with Crippen molar-refractivity contribution >= 4 is 5.69 Å². The van der Waals surface area contributed by atoms with Crippen LogP contribution in [0.15, 0.2) is 18.5 Å². The maximum Gasteiger partial charge on any atom is 0.0378 e. The molecule has 21 heavy (non-hydrogen) atoms. The molecular weight excluding hydrogens is 260 g/mol. The summed E-state index contributed by atoms with van der Waals surface area (Å²) in [5.74, 6) is 0.781. The molecule has 0 amide bonds. The molecule has 1 aromatic heterocycles. The van der Waals surface area contributed by atoms with E-state index in [2.05, 4.69) is 43.3 Å². The van der Waals surface area contributed by atoms with Crippen LogP contribution in [-0.2, 0) is 6.42 Å². The number of aromatic nitrogens is 1. The minimum absolute atomic E-state index is 0.203. The summed E-state index contributed by atoms with van der Waals surface area (Å²) < 4.78 is 0. The molecule has 0 spiro atoms. The van der Waals surface area contributed by atoms with Crippen molar-refractivity contribution in [3.05, 3.63) is 24.0 Å². The smallest absolute Gasteiger partial charge is 0.0378 e.